The fourth-order valence-electron chi connectivity index (χ4n) is 1.57. The SMILES string of the molecule is Cc1c(F)cccc1NC(=O)c1cccc(NN)n1. The van der Waals surface area contributed by atoms with E-state index in [1.165, 1.54) is 12.1 Å². The third kappa shape index (κ3) is 2.86. The average Bonchev–Trinajstić information content (AvgIpc) is 2.44. The van der Waals surface area contributed by atoms with E-state index in [1.54, 1.807) is 31.2 Å². The number of nitrogens with two attached hydrogens (primary N) is 1. The molecule has 0 unspecified atom stereocenters. The first-order valence-electron chi connectivity index (χ1n) is 5.62. The van der Waals surface area contributed by atoms with E-state index in [4.69, 9.17) is 5.84 Å². The third-order valence-corrected chi connectivity index (χ3v) is 2.65. The minimum atomic E-state index is -0.425. The van der Waals surface area contributed by atoms with Gasteiger partial charge in [0, 0.05) is 11.3 Å². The summed E-state index contributed by atoms with van der Waals surface area (Å²) >= 11 is 0. The molecular weight excluding hydrogens is 247 g/mol. The summed E-state index contributed by atoms with van der Waals surface area (Å²) in [5.74, 6) is 4.80. The van der Waals surface area contributed by atoms with Crippen molar-refractivity contribution < 1.29 is 9.18 Å². The minimum absolute atomic E-state index is 0.194. The molecule has 6 heteroatoms. The number of hydrazine groups is 1. The molecule has 1 amide bonds. The molecule has 0 fully saturated rings. The van der Waals surface area contributed by atoms with Crippen LogP contribution in [0.15, 0.2) is 36.4 Å². The number of nitrogens with zero attached hydrogens (tertiary/aromatic N) is 1. The Balaban J connectivity index is 2.23. The predicted octanol–water partition coefficient (Wildman–Crippen LogP) is 2.07. The molecule has 0 radical (unpaired) electrons. The summed E-state index contributed by atoms with van der Waals surface area (Å²) in [6, 6.07) is 9.32. The van der Waals surface area contributed by atoms with Crippen LogP contribution < -0.4 is 16.6 Å². The molecule has 0 atom stereocenters. The molecule has 0 aliphatic heterocycles. The average molecular weight is 260 g/mol. The molecule has 2 aromatic rings. The van der Waals surface area contributed by atoms with Crippen LogP contribution in [0.3, 0.4) is 0 Å². The maximum Gasteiger partial charge on any atom is 0.274 e. The second kappa shape index (κ2) is 5.45. The first-order chi connectivity index (χ1) is 9.11. The number of carbonyl (C=O) groups is 1. The van der Waals surface area contributed by atoms with E-state index < -0.39 is 5.91 Å². The Morgan fingerprint density at radius 2 is 2.00 bits per heavy atom. The lowest BCUT2D eigenvalue weighted by Gasteiger charge is -2.09. The number of hydrogen-bond donors (Lipinski definition) is 3. The number of aromatic nitrogens is 1. The van der Waals surface area contributed by atoms with Crippen LogP contribution in [-0.4, -0.2) is 10.9 Å². The van der Waals surface area contributed by atoms with Gasteiger partial charge >= 0.3 is 0 Å². The predicted molar refractivity (Wildman–Crippen MR) is 71.1 cm³/mol. The largest absolute Gasteiger partial charge is 0.320 e. The molecule has 1 heterocycles. The number of amides is 1. The highest BCUT2D eigenvalue weighted by Crippen LogP contribution is 2.18. The fourth-order valence-corrected chi connectivity index (χ4v) is 1.57. The maximum atomic E-state index is 13.4. The van der Waals surface area contributed by atoms with Crippen LogP contribution in [0.1, 0.15) is 16.1 Å². The number of halogens is 1. The van der Waals surface area contributed by atoms with E-state index >= 15 is 0 Å². The summed E-state index contributed by atoms with van der Waals surface area (Å²) in [5, 5.41) is 2.61. The molecule has 1 aromatic heterocycles. The molecule has 4 N–H and O–H groups in total. The molecule has 0 saturated carbocycles. The molecule has 0 spiro atoms. The van der Waals surface area contributed by atoms with E-state index in [1.807, 2.05) is 0 Å². The monoisotopic (exact) mass is 260 g/mol. The van der Waals surface area contributed by atoms with Crippen LogP contribution in [0.4, 0.5) is 15.9 Å². The first kappa shape index (κ1) is 13.0. The normalized spacial score (nSPS) is 10.1. The van der Waals surface area contributed by atoms with Crippen molar-refractivity contribution in [3.05, 3.63) is 53.5 Å². The number of nitrogens with one attached hydrogen (secondary N) is 2. The molecule has 98 valence electrons. The molecule has 0 aliphatic carbocycles. The maximum absolute atomic E-state index is 13.4. The van der Waals surface area contributed by atoms with Crippen molar-refractivity contribution in [1.29, 1.82) is 0 Å². The number of carbonyl (C=O) groups excluding carboxylic acids is 1. The van der Waals surface area contributed by atoms with E-state index in [0.717, 1.165) is 0 Å². The lowest BCUT2D eigenvalue weighted by molar-refractivity contribution is 0.102. The van der Waals surface area contributed by atoms with Gasteiger partial charge in [-0.1, -0.05) is 12.1 Å². The zero-order chi connectivity index (χ0) is 13.8. The van der Waals surface area contributed by atoms with Gasteiger partial charge in [-0.05, 0) is 31.2 Å². The van der Waals surface area contributed by atoms with Crippen LogP contribution in [0.2, 0.25) is 0 Å². The number of pyridine rings is 1. The fraction of sp³-hybridized carbons (Fsp3) is 0.0769. The summed E-state index contributed by atoms with van der Waals surface area (Å²) in [5.41, 5.74) is 3.34. The molecule has 0 aliphatic rings. The highest BCUT2D eigenvalue weighted by Gasteiger charge is 2.11. The number of anilines is 2. The van der Waals surface area contributed by atoms with E-state index in [2.05, 4.69) is 15.7 Å². The smallest absolute Gasteiger partial charge is 0.274 e. The summed E-state index contributed by atoms with van der Waals surface area (Å²) in [7, 11) is 0. The molecule has 5 nitrogen and oxygen atoms in total. The zero-order valence-corrected chi connectivity index (χ0v) is 10.3. The van der Waals surface area contributed by atoms with Gasteiger partial charge in [-0.15, -0.1) is 0 Å². The lowest BCUT2D eigenvalue weighted by Crippen LogP contribution is -2.16. The Labute approximate surface area is 109 Å². The molecular formula is C13H13FN4O. The summed E-state index contributed by atoms with van der Waals surface area (Å²) < 4.78 is 13.4. The standard InChI is InChI=1S/C13H13FN4O/c1-8-9(14)4-2-5-10(8)17-13(19)11-6-3-7-12(16-11)18-15/h2-7H,15H2,1H3,(H,16,18)(H,17,19). The van der Waals surface area contributed by atoms with Crippen molar-refractivity contribution in [3.63, 3.8) is 0 Å². The van der Waals surface area contributed by atoms with Crippen LogP contribution >= 0.6 is 0 Å². The van der Waals surface area contributed by atoms with E-state index in [-0.39, 0.29) is 11.5 Å². The van der Waals surface area contributed by atoms with Crippen molar-refractivity contribution in [1.82, 2.24) is 4.98 Å². The second-order valence-corrected chi connectivity index (χ2v) is 3.92. The van der Waals surface area contributed by atoms with Crippen LogP contribution in [0.25, 0.3) is 0 Å². The number of hydrogen-bond acceptors (Lipinski definition) is 4. The summed E-state index contributed by atoms with van der Waals surface area (Å²) in [6.07, 6.45) is 0. The highest BCUT2D eigenvalue weighted by molar-refractivity contribution is 6.03. The van der Waals surface area contributed by atoms with E-state index in [9.17, 15) is 9.18 Å². The Hall–Kier alpha value is -2.47. The van der Waals surface area contributed by atoms with Crippen molar-refractivity contribution in [2.24, 2.45) is 5.84 Å². The molecule has 19 heavy (non-hydrogen) atoms. The first-order valence-corrected chi connectivity index (χ1v) is 5.62. The van der Waals surface area contributed by atoms with Gasteiger partial charge in [0.15, 0.2) is 0 Å². The third-order valence-electron chi connectivity index (χ3n) is 2.65. The van der Waals surface area contributed by atoms with Gasteiger partial charge in [-0.2, -0.15) is 0 Å². The quantitative estimate of drug-likeness (QED) is 0.583. The van der Waals surface area contributed by atoms with Gasteiger partial charge in [0.25, 0.3) is 5.91 Å². The summed E-state index contributed by atoms with van der Waals surface area (Å²) in [4.78, 5) is 16.0. The number of benzene rings is 1. The van der Waals surface area contributed by atoms with Crippen LogP contribution in [0, 0.1) is 12.7 Å². The molecule has 0 bridgehead atoms. The van der Waals surface area contributed by atoms with Gasteiger partial charge in [0.1, 0.15) is 17.3 Å². The van der Waals surface area contributed by atoms with Crippen molar-refractivity contribution >= 4 is 17.4 Å². The number of nitrogen functional groups attached to an aromatic ring is 1. The van der Waals surface area contributed by atoms with E-state index in [0.29, 0.717) is 17.1 Å². The topological polar surface area (TPSA) is 80.0 Å². The Kier molecular flexibility index (Phi) is 3.72. The minimum Gasteiger partial charge on any atom is -0.320 e. The van der Waals surface area contributed by atoms with Crippen molar-refractivity contribution in [3.8, 4) is 0 Å². The number of rotatable bonds is 3. The Morgan fingerprint density at radius 3 is 2.74 bits per heavy atom. The van der Waals surface area contributed by atoms with Gasteiger partial charge < -0.3 is 10.7 Å². The van der Waals surface area contributed by atoms with Crippen molar-refractivity contribution in [2.45, 2.75) is 6.92 Å². The summed E-state index contributed by atoms with van der Waals surface area (Å²) in [6.45, 7) is 1.59. The van der Waals surface area contributed by atoms with Gasteiger partial charge in [-0.3, -0.25) is 4.79 Å². The molecule has 1 aromatic carbocycles. The van der Waals surface area contributed by atoms with Crippen molar-refractivity contribution in [2.75, 3.05) is 10.7 Å². The van der Waals surface area contributed by atoms with Crippen LogP contribution in [-0.2, 0) is 0 Å². The van der Waals surface area contributed by atoms with Crippen LogP contribution in [0.5, 0.6) is 0 Å². The highest BCUT2D eigenvalue weighted by atomic mass is 19.1. The van der Waals surface area contributed by atoms with Gasteiger partial charge in [0.2, 0.25) is 0 Å². The molecule has 2 rings (SSSR count). The zero-order valence-electron chi connectivity index (χ0n) is 10.3. The Morgan fingerprint density at radius 1 is 1.26 bits per heavy atom. The lowest BCUT2D eigenvalue weighted by atomic mass is 10.2. The molecule has 0 saturated heterocycles. The van der Waals surface area contributed by atoms with Gasteiger partial charge in [-0.25, -0.2) is 15.2 Å². The Bertz CT molecular complexity index is 615. The van der Waals surface area contributed by atoms with Gasteiger partial charge in [0.05, 0.1) is 0 Å². The second-order valence-electron chi connectivity index (χ2n) is 3.92.